The highest BCUT2D eigenvalue weighted by Gasteiger charge is 2.05. The molecule has 2 N–H and O–H groups in total. The van der Waals surface area contributed by atoms with Crippen molar-refractivity contribution in [2.45, 2.75) is 0 Å². The molecule has 6 heteroatoms. The molecule has 1 rings (SSSR count). The number of nitrogens with one attached hydrogen (secondary N) is 2. The molecule has 0 heterocycles. The molecule has 0 aliphatic carbocycles. The Balaban J connectivity index is 2.63. The molecule has 0 saturated carbocycles. The minimum Gasteiger partial charge on any atom is -0.364 e. The maximum atomic E-state index is 11.2. The number of halogens is 2. The first kappa shape index (κ1) is 12.1. The number of amides is 2. The van der Waals surface area contributed by atoms with Crippen LogP contribution in [0.4, 0.5) is 10.5 Å². The summed E-state index contributed by atoms with van der Waals surface area (Å²) in [5.74, 6) is 0. The Kier molecular flexibility index (Phi) is 4.68. The molecule has 0 fully saturated rings. The van der Waals surface area contributed by atoms with Crippen molar-refractivity contribution in [2.75, 3.05) is 19.2 Å². The van der Waals surface area contributed by atoms with Crippen molar-refractivity contribution in [1.82, 2.24) is 5.32 Å². The van der Waals surface area contributed by atoms with E-state index in [0.29, 0.717) is 15.7 Å². The zero-order valence-corrected chi connectivity index (χ0v) is 9.52. The van der Waals surface area contributed by atoms with Gasteiger partial charge >= 0.3 is 6.03 Å². The van der Waals surface area contributed by atoms with Crippen LogP contribution in [-0.4, -0.2) is 19.9 Å². The van der Waals surface area contributed by atoms with Gasteiger partial charge in [-0.05, 0) is 18.2 Å². The highest BCUT2D eigenvalue weighted by atomic mass is 35.5. The second kappa shape index (κ2) is 5.80. The topological polar surface area (TPSA) is 50.4 Å². The third-order valence-electron chi connectivity index (χ3n) is 1.55. The van der Waals surface area contributed by atoms with Crippen LogP contribution in [0.15, 0.2) is 18.2 Å². The van der Waals surface area contributed by atoms with E-state index < -0.39 is 6.03 Å². The van der Waals surface area contributed by atoms with Gasteiger partial charge in [-0.1, -0.05) is 23.2 Å². The Morgan fingerprint density at radius 1 is 1.47 bits per heavy atom. The molecule has 0 unspecified atom stereocenters. The largest absolute Gasteiger partial charge is 0.364 e. The Hall–Kier alpha value is -0.970. The van der Waals surface area contributed by atoms with Gasteiger partial charge in [-0.15, -0.1) is 0 Å². The van der Waals surface area contributed by atoms with Crippen molar-refractivity contribution >= 4 is 34.9 Å². The van der Waals surface area contributed by atoms with Crippen LogP contribution in [0.3, 0.4) is 0 Å². The highest BCUT2D eigenvalue weighted by molar-refractivity contribution is 6.35. The van der Waals surface area contributed by atoms with Crippen LogP contribution in [-0.2, 0) is 4.74 Å². The zero-order chi connectivity index (χ0) is 11.3. The summed E-state index contributed by atoms with van der Waals surface area (Å²) in [5, 5.41) is 5.92. The Morgan fingerprint density at radius 2 is 2.20 bits per heavy atom. The fourth-order valence-corrected chi connectivity index (χ4v) is 1.23. The Bertz CT molecular complexity index is 358. The summed E-state index contributed by atoms with van der Waals surface area (Å²) in [6.07, 6.45) is 0. The van der Waals surface area contributed by atoms with Crippen LogP contribution in [0.5, 0.6) is 0 Å². The zero-order valence-electron chi connectivity index (χ0n) is 8.01. The number of anilines is 1. The van der Waals surface area contributed by atoms with E-state index in [1.165, 1.54) is 7.11 Å². The number of carbonyl (C=O) groups is 1. The molecule has 0 atom stereocenters. The van der Waals surface area contributed by atoms with Crippen LogP contribution in [0.2, 0.25) is 10.0 Å². The molecule has 0 aliphatic heterocycles. The monoisotopic (exact) mass is 248 g/mol. The lowest BCUT2D eigenvalue weighted by Crippen LogP contribution is -2.30. The molecule has 0 bridgehead atoms. The van der Waals surface area contributed by atoms with E-state index in [4.69, 9.17) is 23.2 Å². The third-order valence-corrected chi connectivity index (χ3v) is 2.12. The van der Waals surface area contributed by atoms with Crippen LogP contribution in [0.1, 0.15) is 0 Å². The third kappa shape index (κ3) is 3.95. The number of benzene rings is 1. The van der Waals surface area contributed by atoms with Crippen molar-refractivity contribution in [3.05, 3.63) is 28.2 Å². The molecular formula is C9H10Cl2N2O2. The molecule has 15 heavy (non-hydrogen) atoms. The number of hydrogen-bond acceptors (Lipinski definition) is 2. The molecular weight excluding hydrogens is 239 g/mol. The Labute approximate surface area is 97.5 Å². The van der Waals surface area contributed by atoms with Gasteiger partial charge in [0.1, 0.15) is 6.73 Å². The van der Waals surface area contributed by atoms with Gasteiger partial charge < -0.3 is 15.4 Å². The van der Waals surface area contributed by atoms with E-state index in [-0.39, 0.29) is 6.73 Å². The molecule has 82 valence electrons. The van der Waals surface area contributed by atoms with E-state index >= 15 is 0 Å². The average molecular weight is 249 g/mol. The summed E-state index contributed by atoms with van der Waals surface area (Å²) >= 11 is 11.6. The van der Waals surface area contributed by atoms with Gasteiger partial charge in [0, 0.05) is 12.1 Å². The molecule has 0 spiro atoms. The predicted molar refractivity (Wildman–Crippen MR) is 60.5 cm³/mol. The number of ether oxygens (including phenoxy) is 1. The summed E-state index contributed by atoms with van der Waals surface area (Å²) in [4.78, 5) is 11.2. The van der Waals surface area contributed by atoms with Crippen LogP contribution in [0.25, 0.3) is 0 Å². The SMILES string of the molecule is COCNC(=O)Nc1cc(Cl)ccc1Cl. The fourth-order valence-electron chi connectivity index (χ4n) is 0.898. The fraction of sp³-hybridized carbons (Fsp3) is 0.222. The predicted octanol–water partition coefficient (Wildman–Crippen LogP) is 2.72. The summed E-state index contributed by atoms with van der Waals surface area (Å²) in [6, 6.07) is 4.41. The maximum absolute atomic E-state index is 11.2. The van der Waals surface area contributed by atoms with E-state index in [0.717, 1.165) is 0 Å². The van der Waals surface area contributed by atoms with Gasteiger partial charge in [-0.3, -0.25) is 0 Å². The van der Waals surface area contributed by atoms with Crippen LogP contribution >= 0.6 is 23.2 Å². The molecule has 1 aromatic carbocycles. The second-order valence-electron chi connectivity index (χ2n) is 2.69. The van der Waals surface area contributed by atoms with E-state index in [9.17, 15) is 4.79 Å². The van der Waals surface area contributed by atoms with Crippen molar-refractivity contribution < 1.29 is 9.53 Å². The second-order valence-corrected chi connectivity index (χ2v) is 3.53. The van der Waals surface area contributed by atoms with Crippen LogP contribution < -0.4 is 10.6 Å². The van der Waals surface area contributed by atoms with E-state index in [1.54, 1.807) is 18.2 Å². The van der Waals surface area contributed by atoms with Gasteiger partial charge in [-0.25, -0.2) is 4.79 Å². The minimum absolute atomic E-state index is 0.129. The maximum Gasteiger partial charge on any atom is 0.321 e. The first-order valence-corrected chi connectivity index (χ1v) is 4.88. The summed E-state index contributed by atoms with van der Waals surface area (Å²) in [7, 11) is 1.48. The summed E-state index contributed by atoms with van der Waals surface area (Å²) < 4.78 is 4.67. The first-order chi connectivity index (χ1) is 7.13. The Morgan fingerprint density at radius 3 is 2.87 bits per heavy atom. The standard InChI is InChI=1S/C9H10Cl2N2O2/c1-15-5-12-9(14)13-8-4-6(10)2-3-7(8)11/h2-4H,5H2,1H3,(H2,12,13,14). The van der Waals surface area contributed by atoms with Gasteiger partial charge in [0.25, 0.3) is 0 Å². The lowest BCUT2D eigenvalue weighted by molar-refractivity contribution is 0.177. The lowest BCUT2D eigenvalue weighted by atomic mass is 10.3. The molecule has 4 nitrogen and oxygen atoms in total. The normalized spacial score (nSPS) is 9.80. The molecule has 2 amide bonds. The van der Waals surface area contributed by atoms with Crippen molar-refractivity contribution in [2.24, 2.45) is 0 Å². The van der Waals surface area contributed by atoms with E-state index in [1.807, 2.05) is 0 Å². The summed E-state index contributed by atoms with van der Waals surface area (Å²) in [6.45, 7) is 0.129. The van der Waals surface area contributed by atoms with Gasteiger partial charge in [-0.2, -0.15) is 0 Å². The van der Waals surface area contributed by atoms with Gasteiger partial charge in [0.2, 0.25) is 0 Å². The lowest BCUT2D eigenvalue weighted by Gasteiger charge is -2.08. The number of urea groups is 1. The highest BCUT2D eigenvalue weighted by Crippen LogP contribution is 2.25. The first-order valence-electron chi connectivity index (χ1n) is 4.12. The number of hydrogen-bond donors (Lipinski definition) is 2. The van der Waals surface area contributed by atoms with Crippen molar-refractivity contribution in [3.63, 3.8) is 0 Å². The quantitative estimate of drug-likeness (QED) is 0.809. The molecule has 0 radical (unpaired) electrons. The smallest absolute Gasteiger partial charge is 0.321 e. The van der Waals surface area contributed by atoms with Gasteiger partial charge in [0.15, 0.2) is 0 Å². The van der Waals surface area contributed by atoms with Crippen LogP contribution in [0, 0.1) is 0 Å². The minimum atomic E-state index is -0.402. The molecule has 0 saturated heterocycles. The van der Waals surface area contributed by atoms with Crippen molar-refractivity contribution in [3.8, 4) is 0 Å². The number of carbonyl (C=O) groups excluding carboxylic acids is 1. The van der Waals surface area contributed by atoms with Gasteiger partial charge in [0.05, 0.1) is 10.7 Å². The molecule has 0 aliphatic rings. The average Bonchev–Trinajstić information content (AvgIpc) is 2.20. The molecule has 1 aromatic rings. The number of methoxy groups -OCH3 is 1. The molecule has 0 aromatic heterocycles. The summed E-state index contributed by atoms with van der Waals surface area (Å²) in [5.41, 5.74) is 0.456. The van der Waals surface area contributed by atoms with Crippen molar-refractivity contribution in [1.29, 1.82) is 0 Å². The number of rotatable bonds is 3. The van der Waals surface area contributed by atoms with E-state index in [2.05, 4.69) is 15.4 Å².